The van der Waals surface area contributed by atoms with Crippen molar-refractivity contribution in [2.24, 2.45) is 11.8 Å². The molecule has 3 aliphatic rings. The Kier molecular flexibility index (Phi) is 9.18. The van der Waals surface area contributed by atoms with Crippen LogP contribution in [0.2, 0.25) is 0 Å². The predicted octanol–water partition coefficient (Wildman–Crippen LogP) is 1.18. The zero-order chi connectivity index (χ0) is 27.5. The number of ether oxygens (including phenoxy) is 2. The summed E-state index contributed by atoms with van der Waals surface area (Å²) in [5.74, 6) is -3.14. The van der Waals surface area contributed by atoms with Crippen LogP contribution < -0.4 is 5.32 Å². The van der Waals surface area contributed by atoms with Gasteiger partial charge in [0.2, 0.25) is 17.7 Å². The van der Waals surface area contributed by atoms with E-state index in [2.05, 4.69) is 18.5 Å². The van der Waals surface area contributed by atoms with Gasteiger partial charge in [0.05, 0.1) is 37.1 Å². The first-order chi connectivity index (χ1) is 17.5. The van der Waals surface area contributed by atoms with Crippen LogP contribution in [0, 0.1) is 11.8 Å². The lowest BCUT2D eigenvalue weighted by atomic mass is 9.70. The number of fused-ring (bicyclic) bond motifs is 1. The minimum absolute atomic E-state index is 0.142. The number of aliphatic hydroxyl groups excluding tert-OH is 1. The van der Waals surface area contributed by atoms with Crippen molar-refractivity contribution in [2.75, 3.05) is 19.7 Å². The average Bonchev–Trinajstić information content (AvgIpc) is 3.50. The molecule has 0 aromatic carbocycles. The highest BCUT2D eigenvalue weighted by Gasteiger charge is 2.75. The maximum absolute atomic E-state index is 13.9. The van der Waals surface area contributed by atoms with Gasteiger partial charge in [-0.25, -0.2) is 0 Å². The van der Waals surface area contributed by atoms with Gasteiger partial charge < -0.3 is 29.7 Å². The topological polar surface area (TPSA) is 125 Å². The number of nitrogens with one attached hydrogen (secondary N) is 1. The summed E-state index contributed by atoms with van der Waals surface area (Å²) in [6, 6.07) is -1.74. The second-order valence-corrected chi connectivity index (χ2v) is 10.6. The summed E-state index contributed by atoms with van der Waals surface area (Å²) in [5, 5.41) is 12.7. The molecule has 3 aliphatic heterocycles. The zero-order valence-electron chi connectivity index (χ0n) is 22.4. The average molecular weight is 520 g/mol. The van der Waals surface area contributed by atoms with Gasteiger partial charge in [0.25, 0.3) is 0 Å². The maximum Gasteiger partial charge on any atom is 0.312 e. The molecule has 7 atom stereocenters. The molecule has 0 saturated carbocycles. The van der Waals surface area contributed by atoms with Gasteiger partial charge in [-0.15, -0.1) is 13.2 Å². The molecule has 3 rings (SSSR count). The van der Waals surface area contributed by atoms with E-state index < -0.39 is 47.7 Å². The molecular formula is C27H41N3O7. The van der Waals surface area contributed by atoms with Crippen molar-refractivity contribution >= 4 is 23.7 Å². The summed E-state index contributed by atoms with van der Waals surface area (Å²) in [6.45, 7) is 14.6. The molecule has 3 amide bonds. The van der Waals surface area contributed by atoms with Crippen LogP contribution in [0.3, 0.4) is 0 Å². The Balaban J connectivity index is 1.84. The number of likely N-dealkylation sites (tertiary alicyclic amines) is 1. The standard InChI is InChI=1S/C27H41N3O7/c1-7-9-10-20(32)28-14-18(6)36-26(35)21-19-11-12-27(37-19)22(21)24(33)30(17(5)15-31)23(27)25(34)29(13-8-2)16(3)4/h7-8,16-19,21-23,31H,1-2,9-15H2,3-6H3,(H,28,32)/t17-,18+,19+,21-,22-,23+,27-/m1/s1. The highest BCUT2D eigenvalue weighted by molar-refractivity contribution is 5.98. The molecule has 1 spiro atoms. The summed E-state index contributed by atoms with van der Waals surface area (Å²) in [4.78, 5) is 56.0. The first-order valence-electron chi connectivity index (χ1n) is 13.1. The quantitative estimate of drug-likeness (QED) is 0.276. The molecule has 206 valence electrons. The first kappa shape index (κ1) is 28.8. The van der Waals surface area contributed by atoms with Crippen molar-refractivity contribution in [1.29, 1.82) is 0 Å². The lowest BCUT2D eigenvalue weighted by Crippen LogP contribution is -2.59. The Labute approximate surface area is 219 Å². The highest BCUT2D eigenvalue weighted by atomic mass is 16.6. The third-order valence-electron chi connectivity index (χ3n) is 7.69. The first-order valence-corrected chi connectivity index (χ1v) is 13.1. The van der Waals surface area contributed by atoms with Gasteiger partial charge in [-0.05, 0) is 47.0 Å². The van der Waals surface area contributed by atoms with Gasteiger partial charge in [-0.1, -0.05) is 12.2 Å². The fourth-order valence-corrected chi connectivity index (χ4v) is 5.95. The lowest BCUT2D eigenvalue weighted by molar-refractivity contribution is -0.160. The van der Waals surface area contributed by atoms with Gasteiger partial charge in [-0.3, -0.25) is 19.2 Å². The SMILES string of the molecule is C=CCCC(=O)NC[C@H](C)OC(=O)[C@@H]1[C@@H]2CC[C@]3(O2)[C@H](C(=O)N(CC=C)C(C)C)N([C@H](C)CO)C(=O)[C@@H]13. The third kappa shape index (κ3) is 5.31. The smallest absolute Gasteiger partial charge is 0.312 e. The summed E-state index contributed by atoms with van der Waals surface area (Å²) >= 11 is 0. The van der Waals surface area contributed by atoms with Crippen molar-refractivity contribution in [2.45, 2.75) is 89.3 Å². The van der Waals surface area contributed by atoms with E-state index in [1.54, 1.807) is 30.9 Å². The van der Waals surface area contributed by atoms with E-state index in [4.69, 9.17) is 9.47 Å². The van der Waals surface area contributed by atoms with E-state index in [0.717, 1.165) is 0 Å². The van der Waals surface area contributed by atoms with Gasteiger partial charge in [-0.2, -0.15) is 0 Å². The minimum Gasteiger partial charge on any atom is -0.460 e. The monoisotopic (exact) mass is 519 g/mol. The number of allylic oxidation sites excluding steroid dienone is 1. The molecule has 0 radical (unpaired) electrons. The largest absolute Gasteiger partial charge is 0.460 e. The summed E-state index contributed by atoms with van der Waals surface area (Å²) in [7, 11) is 0. The molecule has 2 N–H and O–H groups in total. The molecular weight excluding hydrogens is 478 g/mol. The van der Waals surface area contributed by atoms with Crippen LogP contribution in [0.25, 0.3) is 0 Å². The fourth-order valence-electron chi connectivity index (χ4n) is 5.95. The molecule has 0 aliphatic carbocycles. The van der Waals surface area contributed by atoms with E-state index in [0.29, 0.717) is 32.2 Å². The normalized spacial score (nSPS) is 29.6. The Hall–Kier alpha value is -2.72. The van der Waals surface area contributed by atoms with Crippen LogP contribution in [0.4, 0.5) is 0 Å². The van der Waals surface area contributed by atoms with E-state index in [-0.39, 0.29) is 36.9 Å². The number of nitrogens with zero attached hydrogens (tertiary/aromatic N) is 2. The number of amides is 3. The van der Waals surface area contributed by atoms with E-state index in [1.807, 2.05) is 13.8 Å². The van der Waals surface area contributed by atoms with Crippen molar-refractivity contribution in [3.63, 3.8) is 0 Å². The molecule has 0 unspecified atom stereocenters. The second kappa shape index (κ2) is 11.8. The van der Waals surface area contributed by atoms with E-state index in [1.165, 1.54) is 4.90 Å². The number of carbonyl (C=O) groups excluding carboxylic acids is 4. The zero-order valence-corrected chi connectivity index (χ0v) is 22.4. The lowest BCUT2D eigenvalue weighted by Gasteiger charge is -2.39. The van der Waals surface area contributed by atoms with Gasteiger partial charge in [0, 0.05) is 19.0 Å². The van der Waals surface area contributed by atoms with Crippen molar-refractivity contribution in [1.82, 2.24) is 15.1 Å². The minimum atomic E-state index is -1.16. The third-order valence-corrected chi connectivity index (χ3v) is 7.69. The van der Waals surface area contributed by atoms with Crippen LogP contribution in [0.1, 0.15) is 53.4 Å². The van der Waals surface area contributed by atoms with E-state index >= 15 is 0 Å². The molecule has 37 heavy (non-hydrogen) atoms. The van der Waals surface area contributed by atoms with Gasteiger partial charge in [0.1, 0.15) is 17.7 Å². The maximum atomic E-state index is 13.9. The van der Waals surface area contributed by atoms with Crippen molar-refractivity contribution < 1.29 is 33.8 Å². The van der Waals surface area contributed by atoms with Crippen LogP contribution in [-0.2, 0) is 28.7 Å². The van der Waals surface area contributed by atoms with Crippen LogP contribution in [0.5, 0.6) is 0 Å². The molecule has 0 aromatic rings. The number of aliphatic hydroxyl groups is 1. The predicted molar refractivity (Wildman–Crippen MR) is 136 cm³/mol. The molecule has 3 heterocycles. The van der Waals surface area contributed by atoms with Crippen LogP contribution in [0.15, 0.2) is 25.3 Å². The Morgan fingerprint density at radius 1 is 1.27 bits per heavy atom. The number of rotatable bonds is 13. The highest BCUT2D eigenvalue weighted by Crippen LogP contribution is 2.59. The van der Waals surface area contributed by atoms with Gasteiger partial charge in [0.15, 0.2) is 0 Å². The number of hydrogen-bond donors (Lipinski definition) is 2. The summed E-state index contributed by atoms with van der Waals surface area (Å²) < 4.78 is 12.0. The van der Waals surface area contributed by atoms with Crippen molar-refractivity contribution in [3.8, 4) is 0 Å². The fraction of sp³-hybridized carbons (Fsp3) is 0.704. The Morgan fingerprint density at radius 3 is 2.57 bits per heavy atom. The number of carbonyl (C=O) groups is 4. The summed E-state index contributed by atoms with van der Waals surface area (Å²) in [6.07, 6.45) is 3.97. The molecule has 2 bridgehead atoms. The molecule has 0 aromatic heterocycles. The van der Waals surface area contributed by atoms with Gasteiger partial charge >= 0.3 is 5.97 Å². The molecule has 10 nitrogen and oxygen atoms in total. The summed E-state index contributed by atoms with van der Waals surface area (Å²) in [5.41, 5.74) is -1.16. The van der Waals surface area contributed by atoms with E-state index in [9.17, 15) is 24.3 Å². The molecule has 3 saturated heterocycles. The molecule has 10 heteroatoms. The number of esters is 1. The second-order valence-electron chi connectivity index (χ2n) is 10.6. The van der Waals surface area contributed by atoms with Crippen LogP contribution in [-0.4, -0.2) is 94.2 Å². The number of hydrogen-bond acceptors (Lipinski definition) is 7. The van der Waals surface area contributed by atoms with Crippen LogP contribution >= 0.6 is 0 Å². The Bertz CT molecular complexity index is 922. The molecule has 3 fully saturated rings. The Morgan fingerprint density at radius 2 is 1.97 bits per heavy atom. The van der Waals surface area contributed by atoms with Crippen molar-refractivity contribution in [3.05, 3.63) is 25.3 Å².